The fraction of sp³-hybridized carbons (Fsp3) is 0.579. The summed E-state index contributed by atoms with van der Waals surface area (Å²) < 4.78 is 10.7. The molecule has 0 aliphatic carbocycles. The van der Waals surface area contributed by atoms with Crippen molar-refractivity contribution in [3.05, 3.63) is 35.5 Å². The van der Waals surface area contributed by atoms with Gasteiger partial charge in [-0.3, -0.25) is 4.79 Å². The first kappa shape index (κ1) is 17.9. The van der Waals surface area contributed by atoms with Crippen LogP contribution in [0.1, 0.15) is 29.9 Å². The summed E-state index contributed by atoms with van der Waals surface area (Å²) in [6.07, 6.45) is 2.86. The SMILES string of the molecule is Cc1cc(C)nc(N2CC[C@@H]3[C@@H](CO[C@H]3CC(=O)NCc3ccon3)C2)n1. The molecule has 4 heterocycles. The Hall–Kier alpha value is -2.48. The Labute approximate surface area is 158 Å². The van der Waals surface area contributed by atoms with E-state index in [1.165, 1.54) is 6.26 Å². The smallest absolute Gasteiger partial charge is 0.225 e. The van der Waals surface area contributed by atoms with Gasteiger partial charge in [0, 0.05) is 36.5 Å². The van der Waals surface area contributed by atoms with Gasteiger partial charge in [0.05, 0.1) is 25.7 Å². The minimum atomic E-state index is -0.0189. The zero-order chi connectivity index (χ0) is 18.8. The number of hydrogen-bond acceptors (Lipinski definition) is 7. The quantitative estimate of drug-likeness (QED) is 0.854. The number of piperidine rings is 1. The molecule has 0 radical (unpaired) electrons. The lowest BCUT2D eigenvalue weighted by Crippen LogP contribution is -2.43. The number of fused-ring (bicyclic) bond motifs is 1. The van der Waals surface area contributed by atoms with Crippen LogP contribution in [0.25, 0.3) is 0 Å². The number of anilines is 1. The summed E-state index contributed by atoms with van der Waals surface area (Å²) in [5.41, 5.74) is 2.70. The van der Waals surface area contributed by atoms with Gasteiger partial charge >= 0.3 is 0 Å². The molecule has 0 aromatic carbocycles. The monoisotopic (exact) mass is 371 g/mol. The van der Waals surface area contributed by atoms with Gasteiger partial charge in [-0.2, -0.15) is 0 Å². The van der Waals surface area contributed by atoms with E-state index in [4.69, 9.17) is 9.26 Å². The third-order valence-electron chi connectivity index (χ3n) is 5.39. The van der Waals surface area contributed by atoms with Crippen LogP contribution in [0.15, 0.2) is 22.9 Å². The van der Waals surface area contributed by atoms with E-state index in [9.17, 15) is 4.79 Å². The topological polar surface area (TPSA) is 93.4 Å². The van der Waals surface area contributed by atoms with E-state index >= 15 is 0 Å². The Morgan fingerprint density at radius 1 is 1.33 bits per heavy atom. The highest BCUT2D eigenvalue weighted by atomic mass is 16.5. The van der Waals surface area contributed by atoms with Crippen LogP contribution >= 0.6 is 0 Å². The Morgan fingerprint density at radius 2 is 2.15 bits per heavy atom. The van der Waals surface area contributed by atoms with Crippen molar-refractivity contribution in [3.8, 4) is 0 Å². The highest BCUT2D eigenvalue weighted by Crippen LogP contribution is 2.36. The molecule has 4 rings (SSSR count). The van der Waals surface area contributed by atoms with E-state index in [1.54, 1.807) is 6.07 Å². The van der Waals surface area contributed by atoms with Crippen LogP contribution in [-0.4, -0.2) is 46.8 Å². The minimum Gasteiger partial charge on any atom is -0.377 e. The molecule has 2 aliphatic rings. The second kappa shape index (κ2) is 7.64. The maximum absolute atomic E-state index is 12.2. The lowest BCUT2D eigenvalue weighted by atomic mass is 9.83. The second-order valence-electron chi connectivity index (χ2n) is 7.45. The molecule has 1 N–H and O–H groups in total. The summed E-state index contributed by atoms with van der Waals surface area (Å²) in [6, 6.07) is 3.73. The summed E-state index contributed by atoms with van der Waals surface area (Å²) in [7, 11) is 0. The molecule has 2 saturated heterocycles. The molecule has 0 saturated carbocycles. The number of aromatic nitrogens is 3. The molecule has 8 nitrogen and oxygen atoms in total. The Morgan fingerprint density at radius 3 is 2.89 bits per heavy atom. The van der Waals surface area contributed by atoms with Gasteiger partial charge in [-0.25, -0.2) is 9.97 Å². The molecule has 2 aromatic heterocycles. The largest absolute Gasteiger partial charge is 0.377 e. The summed E-state index contributed by atoms with van der Waals surface area (Å²) >= 11 is 0. The predicted octanol–water partition coefficient (Wildman–Crippen LogP) is 1.63. The molecule has 8 heteroatoms. The molecule has 0 bridgehead atoms. The van der Waals surface area contributed by atoms with Crippen LogP contribution in [0.2, 0.25) is 0 Å². The fourth-order valence-electron chi connectivity index (χ4n) is 4.10. The number of carbonyl (C=O) groups is 1. The normalized spacial score (nSPS) is 24.7. The summed E-state index contributed by atoms with van der Waals surface area (Å²) in [5.74, 6) is 1.62. The standard InChI is InChI=1S/C19H25N5O3/c1-12-7-13(2)22-19(21-12)24-5-3-16-14(10-24)11-26-17(16)8-18(25)20-9-15-4-6-27-23-15/h4,6-7,14,16-17H,3,5,8-11H2,1-2H3,(H,20,25)/t14-,16-,17+/m1/s1. The molecule has 0 spiro atoms. The van der Waals surface area contributed by atoms with Crippen LogP contribution in [0.4, 0.5) is 5.95 Å². The second-order valence-corrected chi connectivity index (χ2v) is 7.45. The Bertz CT molecular complexity index is 774. The maximum Gasteiger partial charge on any atom is 0.225 e. The average Bonchev–Trinajstić information content (AvgIpc) is 3.29. The molecule has 0 unspecified atom stereocenters. The number of rotatable bonds is 5. The van der Waals surface area contributed by atoms with Gasteiger partial charge in [0.15, 0.2) is 0 Å². The van der Waals surface area contributed by atoms with Crippen LogP contribution in [-0.2, 0) is 16.1 Å². The zero-order valence-corrected chi connectivity index (χ0v) is 15.7. The van der Waals surface area contributed by atoms with Gasteiger partial charge in [0.25, 0.3) is 0 Å². The van der Waals surface area contributed by atoms with Crippen molar-refractivity contribution in [3.63, 3.8) is 0 Å². The van der Waals surface area contributed by atoms with Gasteiger partial charge in [0.1, 0.15) is 12.0 Å². The molecule has 144 valence electrons. The molecular formula is C19H25N5O3. The van der Waals surface area contributed by atoms with Crippen LogP contribution in [0.3, 0.4) is 0 Å². The number of aryl methyl sites for hydroxylation is 2. The van der Waals surface area contributed by atoms with E-state index in [1.807, 2.05) is 19.9 Å². The third kappa shape index (κ3) is 4.10. The minimum absolute atomic E-state index is 0.0104. The number of nitrogens with zero attached hydrogens (tertiary/aromatic N) is 4. The van der Waals surface area contributed by atoms with Crippen molar-refractivity contribution in [2.24, 2.45) is 11.8 Å². The van der Waals surface area contributed by atoms with Crippen LogP contribution in [0, 0.1) is 25.7 Å². The summed E-state index contributed by atoms with van der Waals surface area (Å²) in [4.78, 5) is 23.7. The van der Waals surface area contributed by atoms with Crippen LogP contribution in [0.5, 0.6) is 0 Å². The lowest BCUT2D eigenvalue weighted by molar-refractivity contribution is -0.123. The lowest BCUT2D eigenvalue weighted by Gasteiger charge is -2.35. The van der Waals surface area contributed by atoms with Gasteiger partial charge in [-0.1, -0.05) is 5.16 Å². The van der Waals surface area contributed by atoms with Crippen molar-refractivity contribution < 1.29 is 14.1 Å². The maximum atomic E-state index is 12.2. The highest BCUT2D eigenvalue weighted by Gasteiger charge is 2.42. The van der Waals surface area contributed by atoms with Crippen molar-refractivity contribution in [2.75, 3.05) is 24.6 Å². The molecule has 2 aromatic rings. The van der Waals surface area contributed by atoms with Gasteiger partial charge in [-0.15, -0.1) is 0 Å². The summed E-state index contributed by atoms with van der Waals surface area (Å²) in [6.45, 7) is 6.84. The first-order valence-electron chi connectivity index (χ1n) is 9.43. The van der Waals surface area contributed by atoms with Crippen molar-refractivity contribution in [1.29, 1.82) is 0 Å². The predicted molar refractivity (Wildman–Crippen MR) is 98.0 cm³/mol. The number of amides is 1. The first-order chi connectivity index (χ1) is 13.1. The molecule has 1 amide bonds. The average molecular weight is 371 g/mol. The van der Waals surface area contributed by atoms with Crippen molar-refractivity contribution in [2.45, 2.75) is 39.3 Å². The number of nitrogens with one attached hydrogen (secondary N) is 1. The van der Waals surface area contributed by atoms with E-state index in [-0.39, 0.29) is 12.0 Å². The van der Waals surface area contributed by atoms with E-state index < -0.39 is 0 Å². The molecule has 2 aliphatic heterocycles. The molecule has 27 heavy (non-hydrogen) atoms. The number of hydrogen-bond donors (Lipinski definition) is 1. The van der Waals surface area contributed by atoms with Gasteiger partial charge < -0.3 is 19.5 Å². The van der Waals surface area contributed by atoms with Crippen LogP contribution < -0.4 is 10.2 Å². The van der Waals surface area contributed by atoms with Gasteiger partial charge in [0.2, 0.25) is 11.9 Å². The van der Waals surface area contributed by atoms with E-state index in [2.05, 4.69) is 25.3 Å². The Balaban J connectivity index is 1.31. The highest BCUT2D eigenvalue weighted by molar-refractivity contribution is 5.76. The van der Waals surface area contributed by atoms with Crippen molar-refractivity contribution in [1.82, 2.24) is 20.4 Å². The molecular weight excluding hydrogens is 346 g/mol. The van der Waals surface area contributed by atoms with Gasteiger partial charge in [-0.05, 0) is 32.3 Å². The molecule has 2 fully saturated rings. The first-order valence-corrected chi connectivity index (χ1v) is 9.43. The third-order valence-corrected chi connectivity index (χ3v) is 5.39. The summed E-state index contributed by atoms with van der Waals surface area (Å²) in [5, 5.41) is 6.68. The van der Waals surface area contributed by atoms with E-state index in [0.29, 0.717) is 31.4 Å². The Kier molecular flexibility index (Phi) is 5.07. The number of ether oxygens (including phenoxy) is 1. The number of carbonyl (C=O) groups excluding carboxylic acids is 1. The fourth-order valence-corrected chi connectivity index (χ4v) is 4.10. The zero-order valence-electron chi connectivity index (χ0n) is 15.7. The van der Waals surface area contributed by atoms with Crippen molar-refractivity contribution >= 4 is 11.9 Å². The van der Waals surface area contributed by atoms with E-state index in [0.717, 1.165) is 42.5 Å². The molecule has 3 atom stereocenters.